The second-order valence-electron chi connectivity index (χ2n) is 6.44. The van der Waals surface area contributed by atoms with Crippen LogP contribution in [-0.4, -0.2) is 38.5 Å². The van der Waals surface area contributed by atoms with Crippen LogP contribution in [0, 0.1) is 6.92 Å². The maximum Gasteiger partial charge on any atom is 0.293 e. The van der Waals surface area contributed by atoms with Crippen LogP contribution in [0.4, 0.5) is 0 Å². The third-order valence-electron chi connectivity index (χ3n) is 4.43. The summed E-state index contributed by atoms with van der Waals surface area (Å²) in [6, 6.07) is 9.18. The number of aromatic nitrogens is 4. The number of hydrogen-bond donors (Lipinski definition) is 1. The van der Waals surface area contributed by atoms with Gasteiger partial charge in [0.15, 0.2) is 0 Å². The van der Waals surface area contributed by atoms with Crippen molar-refractivity contribution in [2.75, 3.05) is 7.11 Å². The molecule has 0 aliphatic carbocycles. The number of methoxy groups -OCH3 is 1. The average Bonchev–Trinajstić information content (AvgIpc) is 3.12. The summed E-state index contributed by atoms with van der Waals surface area (Å²) in [5, 5.41) is 11.6. The number of rotatable bonds is 6. The molecular weight excluding hydrogens is 346 g/mol. The van der Waals surface area contributed by atoms with E-state index < -0.39 is 0 Å². The van der Waals surface area contributed by atoms with E-state index in [2.05, 4.69) is 15.5 Å². The fourth-order valence-corrected chi connectivity index (χ4v) is 2.74. The van der Waals surface area contributed by atoms with Crippen molar-refractivity contribution in [3.8, 4) is 17.0 Å². The molecule has 0 aliphatic rings. The van der Waals surface area contributed by atoms with E-state index in [0.717, 1.165) is 17.7 Å². The maximum absolute atomic E-state index is 12.8. The summed E-state index contributed by atoms with van der Waals surface area (Å²) in [4.78, 5) is 24.9. The second kappa shape index (κ2) is 7.61. The molecule has 1 amide bonds. The van der Waals surface area contributed by atoms with Crippen LogP contribution >= 0.6 is 0 Å². The van der Waals surface area contributed by atoms with Crippen LogP contribution in [0.2, 0.25) is 0 Å². The Morgan fingerprint density at radius 1 is 1.26 bits per heavy atom. The number of carbonyl (C=O) groups excluding carboxylic acids is 1. The zero-order valence-electron chi connectivity index (χ0n) is 15.9. The first-order valence-electron chi connectivity index (χ1n) is 8.84. The SMILES string of the molecule is CC[C@H](C)NC(=O)Cn1nc(C)n2nc(-c3ccc(OC)cc3)cc2c1=O. The van der Waals surface area contributed by atoms with Crippen molar-refractivity contribution >= 4 is 11.4 Å². The van der Waals surface area contributed by atoms with E-state index in [1.807, 2.05) is 38.1 Å². The van der Waals surface area contributed by atoms with Crippen LogP contribution in [0.15, 0.2) is 35.1 Å². The first-order valence-corrected chi connectivity index (χ1v) is 8.84. The molecular formula is C19H23N5O3. The van der Waals surface area contributed by atoms with Gasteiger partial charge in [-0.2, -0.15) is 10.2 Å². The smallest absolute Gasteiger partial charge is 0.293 e. The molecule has 1 atom stereocenters. The number of hydrogen-bond acceptors (Lipinski definition) is 5. The fourth-order valence-electron chi connectivity index (χ4n) is 2.74. The third kappa shape index (κ3) is 3.84. The van der Waals surface area contributed by atoms with Gasteiger partial charge in [-0.15, -0.1) is 0 Å². The van der Waals surface area contributed by atoms with Crippen LogP contribution in [0.1, 0.15) is 26.1 Å². The van der Waals surface area contributed by atoms with Crippen LogP contribution in [0.3, 0.4) is 0 Å². The van der Waals surface area contributed by atoms with Gasteiger partial charge in [0.05, 0.1) is 12.8 Å². The van der Waals surface area contributed by atoms with Gasteiger partial charge in [0, 0.05) is 11.6 Å². The molecule has 1 aromatic carbocycles. The summed E-state index contributed by atoms with van der Waals surface area (Å²) in [7, 11) is 1.61. The number of carbonyl (C=O) groups is 1. The molecule has 0 fully saturated rings. The maximum atomic E-state index is 12.8. The van der Waals surface area contributed by atoms with Crippen molar-refractivity contribution in [2.45, 2.75) is 39.8 Å². The van der Waals surface area contributed by atoms with E-state index in [1.54, 1.807) is 20.1 Å². The molecule has 3 aromatic rings. The van der Waals surface area contributed by atoms with Crippen LogP contribution < -0.4 is 15.6 Å². The number of amides is 1. The Balaban J connectivity index is 1.96. The number of nitrogens with one attached hydrogen (secondary N) is 1. The molecule has 0 radical (unpaired) electrons. The lowest BCUT2D eigenvalue weighted by Crippen LogP contribution is -2.38. The fraction of sp³-hybridized carbons (Fsp3) is 0.368. The number of ether oxygens (including phenoxy) is 1. The number of benzene rings is 1. The summed E-state index contributed by atoms with van der Waals surface area (Å²) in [5.74, 6) is 1.04. The van der Waals surface area contributed by atoms with E-state index in [0.29, 0.717) is 17.0 Å². The van der Waals surface area contributed by atoms with Crippen molar-refractivity contribution in [3.63, 3.8) is 0 Å². The summed E-state index contributed by atoms with van der Waals surface area (Å²) in [6.45, 7) is 5.53. The summed E-state index contributed by atoms with van der Waals surface area (Å²) >= 11 is 0. The largest absolute Gasteiger partial charge is 0.497 e. The summed E-state index contributed by atoms with van der Waals surface area (Å²) in [6.07, 6.45) is 0.819. The van der Waals surface area contributed by atoms with Gasteiger partial charge in [-0.1, -0.05) is 6.92 Å². The van der Waals surface area contributed by atoms with Crippen molar-refractivity contribution in [1.29, 1.82) is 0 Å². The van der Waals surface area contributed by atoms with Gasteiger partial charge in [-0.05, 0) is 50.6 Å². The average molecular weight is 369 g/mol. The minimum absolute atomic E-state index is 0.0506. The molecule has 0 bridgehead atoms. The first-order chi connectivity index (χ1) is 12.9. The topological polar surface area (TPSA) is 90.5 Å². The Labute approximate surface area is 156 Å². The van der Waals surface area contributed by atoms with Gasteiger partial charge < -0.3 is 10.1 Å². The standard InChI is InChI=1S/C19H23N5O3/c1-5-12(2)20-18(25)11-23-19(26)17-10-16(22-24(17)13(3)21-23)14-6-8-15(27-4)9-7-14/h6-10,12H,5,11H2,1-4H3,(H,20,25)/t12-/m0/s1. The van der Waals surface area contributed by atoms with Gasteiger partial charge in [-0.3, -0.25) is 9.59 Å². The second-order valence-corrected chi connectivity index (χ2v) is 6.44. The quantitative estimate of drug-likeness (QED) is 0.715. The van der Waals surface area contributed by atoms with Gasteiger partial charge in [-0.25, -0.2) is 9.20 Å². The highest BCUT2D eigenvalue weighted by Crippen LogP contribution is 2.21. The first kappa shape index (κ1) is 18.6. The van der Waals surface area contributed by atoms with Crippen LogP contribution in [-0.2, 0) is 11.3 Å². The minimum Gasteiger partial charge on any atom is -0.497 e. The lowest BCUT2D eigenvalue weighted by Gasteiger charge is -2.12. The van der Waals surface area contributed by atoms with E-state index in [9.17, 15) is 9.59 Å². The summed E-state index contributed by atoms with van der Waals surface area (Å²) in [5.41, 5.74) is 1.54. The van der Waals surface area contributed by atoms with Gasteiger partial charge in [0.1, 0.15) is 23.6 Å². The van der Waals surface area contributed by atoms with Gasteiger partial charge in [0.25, 0.3) is 5.56 Å². The molecule has 0 saturated carbocycles. The Hall–Kier alpha value is -3.16. The van der Waals surface area contributed by atoms with E-state index in [1.165, 1.54) is 9.20 Å². The molecule has 27 heavy (non-hydrogen) atoms. The molecule has 0 saturated heterocycles. The van der Waals surface area contributed by atoms with Crippen molar-refractivity contribution in [1.82, 2.24) is 24.7 Å². The molecule has 8 heteroatoms. The molecule has 142 valence electrons. The molecule has 2 heterocycles. The number of nitrogens with zero attached hydrogens (tertiary/aromatic N) is 4. The van der Waals surface area contributed by atoms with Crippen molar-refractivity contribution in [2.24, 2.45) is 0 Å². The van der Waals surface area contributed by atoms with E-state index in [-0.39, 0.29) is 24.1 Å². The Bertz CT molecular complexity index is 1020. The lowest BCUT2D eigenvalue weighted by molar-refractivity contribution is -0.122. The highest BCUT2D eigenvalue weighted by Gasteiger charge is 2.15. The van der Waals surface area contributed by atoms with Gasteiger partial charge in [0.2, 0.25) is 5.91 Å². The predicted molar refractivity (Wildman–Crippen MR) is 102 cm³/mol. The predicted octanol–water partition coefficient (Wildman–Crippen LogP) is 1.79. The zero-order valence-corrected chi connectivity index (χ0v) is 15.9. The molecule has 0 aliphatic heterocycles. The van der Waals surface area contributed by atoms with E-state index >= 15 is 0 Å². The molecule has 2 aromatic heterocycles. The Kier molecular flexibility index (Phi) is 5.25. The summed E-state index contributed by atoms with van der Waals surface area (Å²) < 4.78 is 7.85. The molecule has 1 N–H and O–H groups in total. The monoisotopic (exact) mass is 369 g/mol. The highest BCUT2D eigenvalue weighted by molar-refractivity contribution is 5.76. The number of fused-ring (bicyclic) bond motifs is 1. The van der Waals surface area contributed by atoms with Crippen LogP contribution in [0.5, 0.6) is 5.75 Å². The highest BCUT2D eigenvalue weighted by atomic mass is 16.5. The zero-order chi connectivity index (χ0) is 19.6. The van der Waals surface area contributed by atoms with Gasteiger partial charge >= 0.3 is 0 Å². The molecule has 3 rings (SSSR count). The Morgan fingerprint density at radius 3 is 2.59 bits per heavy atom. The van der Waals surface area contributed by atoms with Crippen molar-refractivity contribution in [3.05, 3.63) is 46.5 Å². The lowest BCUT2D eigenvalue weighted by atomic mass is 10.1. The third-order valence-corrected chi connectivity index (χ3v) is 4.43. The minimum atomic E-state index is -0.354. The Morgan fingerprint density at radius 2 is 1.96 bits per heavy atom. The van der Waals surface area contributed by atoms with E-state index in [4.69, 9.17) is 4.74 Å². The molecule has 8 nitrogen and oxygen atoms in total. The normalized spacial score (nSPS) is 12.1. The van der Waals surface area contributed by atoms with Crippen LogP contribution in [0.25, 0.3) is 16.8 Å². The van der Waals surface area contributed by atoms with Crippen molar-refractivity contribution < 1.29 is 9.53 Å². The molecule has 0 unspecified atom stereocenters. The molecule has 0 spiro atoms. The number of aryl methyl sites for hydroxylation is 1.